The van der Waals surface area contributed by atoms with Crippen molar-refractivity contribution in [3.8, 4) is 0 Å². The molecular formula is C13H21N3O3S. The van der Waals surface area contributed by atoms with Crippen LogP contribution in [0.25, 0.3) is 0 Å². The van der Waals surface area contributed by atoms with E-state index in [1.165, 1.54) is 11.3 Å². The van der Waals surface area contributed by atoms with Gasteiger partial charge < -0.3 is 14.9 Å². The van der Waals surface area contributed by atoms with E-state index in [1.807, 2.05) is 19.2 Å². The summed E-state index contributed by atoms with van der Waals surface area (Å²) >= 11 is 1.40. The van der Waals surface area contributed by atoms with Gasteiger partial charge in [0.15, 0.2) is 5.13 Å². The number of carbonyl (C=O) groups excluding carboxylic acids is 1. The highest BCUT2D eigenvalue weighted by Crippen LogP contribution is 2.19. The predicted octanol–water partition coefficient (Wildman–Crippen LogP) is 1.54. The largest absolute Gasteiger partial charge is 0.481 e. The lowest BCUT2D eigenvalue weighted by atomic mass is 10.2. The third-order valence-corrected chi connectivity index (χ3v) is 3.88. The van der Waals surface area contributed by atoms with Crippen LogP contribution in [0.15, 0.2) is 11.6 Å². The van der Waals surface area contributed by atoms with Crippen molar-refractivity contribution in [1.82, 2.24) is 9.88 Å². The number of amides is 1. The summed E-state index contributed by atoms with van der Waals surface area (Å²) in [6, 6.07) is 0. The maximum absolute atomic E-state index is 12.2. The fraction of sp³-hybridized carbons (Fsp3) is 0.615. The first-order valence-electron chi connectivity index (χ1n) is 6.64. The number of carboxylic acids is 1. The van der Waals surface area contributed by atoms with Gasteiger partial charge in [-0.25, -0.2) is 4.98 Å². The summed E-state index contributed by atoms with van der Waals surface area (Å²) in [5.74, 6) is -1.44. The number of hydrogen-bond acceptors (Lipinski definition) is 5. The summed E-state index contributed by atoms with van der Waals surface area (Å²) < 4.78 is 0. The molecule has 0 fully saturated rings. The average Bonchev–Trinajstić information content (AvgIpc) is 2.92. The number of thiazole rings is 1. The van der Waals surface area contributed by atoms with Gasteiger partial charge in [-0.15, -0.1) is 11.3 Å². The molecule has 0 aliphatic carbocycles. The molecule has 1 heterocycles. The number of carboxylic acid groups (broad SMARTS) is 1. The third-order valence-electron chi connectivity index (χ3n) is 3.05. The van der Waals surface area contributed by atoms with Gasteiger partial charge in [-0.05, 0) is 13.8 Å². The zero-order valence-corrected chi connectivity index (χ0v) is 12.9. The van der Waals surface area contributed by atoms with Crippen LogP contribution in [0, 0.1) is 5.92 Å². The Hall–Kier alpha value is -1.63. The number of aromatic nitrogens is 1. The third kappa shape index (κ3) is 4.48. The zero-order valence-electron chi connectivity index (χ0n) is 12.1. The Kier molecular flexibility index (Phi) is 6.44. The van der Waals surface area contributed by atoms with Gasteiger partial charge in [0.25, 0.3) is 0 Å². The van der Waals surface area contributed by atoms with Crippen molar-refractivity contribution < 1.29 is 14.7 Å². The van der Waals surface area contributed by atoms with E-state index in [0.29, 0.717) is 18.2 Å². The Balaban J connectivity index is 2.78. The first-order chi connectivity index (χ1) is 9.49. The molecule has 0 radical (unpaired) electrons. The molecule has 6 nitrogen and oxygen atoms in total. The SMILES string of the molecule is CCN(CC)C(=O)CN(CC(C)C(=O)O)c1nccs1. The van der Waals surface area contributed by atoms with Gasteiger partial charge in [0.1, 0.15) is 0 Å². The minimum atomic E-state index is -0.873. The molecule has 1 N–H and O–H groups in total. The van der Waals surface area contributed by atoms with Gasteiger partial charge in [0.05, 0.1) is 12.5 Å². The molecule has 0 aliphatic rings. The zero-order chi connectivity index (χ0) is 15.1. The highest BCUT2D eigenvalue weighted by Gasteiger charge is 2.22. The van der Waals surface area contributed by atoms with Crippen LogP contribution < -0.4 is 4.90 Å². The Morgan fingerprint density at radius 2 is 2.05 bits per heavy atom. The molecule has 20 heavy (non-hydrogen) atoms. The standard InChI is InChI=1S/C13H21N3O3S/c1-4-15(5-2)11(17)9-16(8-10(3)12(18)19)13-14-6-7-20-13/h6-7,10H,4-5,8-9H2,1-3H3,(H,18,19). The first-order valence-corrected chi connectivity index (χ1v) is 7.52. The molecule has 0 spiro atoms. The molecule has 0 aromatic carbocycles. The topological polar surface area (TPSA) is 73.7 Å². The van der Waals surface area contributed by atoms with Crippen LogP contribution in [0.4, 0.5) is 5.13 Å². The molecule has 0 bridgehead atoms. The second-order valence-corrected chi connectivity index (χ2v) is 5.37. The predicted molar refractivity (Wildman–Crippen MR) is 79.1 cm³/mol. The highest BCUT2D eigenvalue weighted by atomic mass is 32.1. The van der Waals surface area contributed by atoms with E-state index in [4.69, 9.17) is 5.11 Å². The summed E-state index contributed by atoms with van der Waals surface area (Å²) in [6.45, 7) is 7.21. The lowest BCUT2D eigenvalue weighted by molar-refractivity contribution is -0.141. The normalized spacial score (nSPS) is 11.9. The van der Waals surface area contributed by atoms with Gasteiger partial charge in [-0.3, -0.25) is 9.59 Å². The molecule has 1 unspecified atom stereocenters. The van der Waals surface area contributed by atoms with Crippen LogP contribution >= 0.6 is 11.3 Å². The minimum Gasteiger partial charge on any atom is -0.481 e. The highest BCUT2D eigenvalue weighted by molar-refractivity contribution is 7.13. The molecule has 0 aliphatic heterocycles. The smallest absolute Gasteiger partial charge is 0.308 e. The van der Waals surface area contributed by atoms with Gasteiger partial charge >= 0.3 is 5.97 Å². The summed E-state index contributed by atoms with van der Waals surface area (Å²) in [4.78, 5) is 30.8. The van der Waals surface area contributed by atoms with Crippen LogP contribution in [0.1, 0.15) is 20.8 Å². The van der Waals surface area contributed by atoms with Crippen molar-refractivity contribution >= 4 is 28.3 Å². The van der Waals surface area contributed by atoms with E-state index in [2.05, 4.69) is 4.98 Å². The fourth-order valence-electron chi connectivity index (χ4n) is 1.83. The number of nitrogens with zero attached hydrogens (tertiary/aromatic N) is 3. The number of likely N-dealkylation sites (N-methyl/N-ethyl adjacent to an activating group) is 1. The molecule has 1 aromatic rings. The van der Waals surface area contributed by atoms with Crippen molar-refractivity contribution in [2.75, 3.05) is 31.1 Å². The summed E-state index contributed by atoms with van der Waals surface area (Å²) in [6.07, 6.45) is 1.65. The van der Waals surface area contributed by atoms with E-state index >= 15 is 0 Å². The Bertz CT molecular complexity index is 432. The molecule has 1 rings (SSSR count). The first kappa shape index (κ1) is 16.4. The van der Waals surface area contributed by atoms with E-state index in [1.54, 1.807) is 22.9 Å². The van der Waals surface area contributed by atoms with Gasteiger partial charge in [0, 0.05) is 31.2 Å². The number of rotatable bonds is 8. The van der Waals surface area contributed by atoms with Gasteiger partial charge in [-0.2, -0.15) is 0 Å². The Labute approximate surface area is 123 Å². The second kappa shape index (κ2) is 7.84. The molecule has 1 aromatic heterocycles. The van der Waals surface area contributed by atoms with Crippen molar-refractivity contribution in [1.29, 1.82) is 0 Å². The summed E-state index contributed by atoms with van der Waals surface area (Å²) in [5.41, 5.74) is 0. The van der Waals surface area contributed by atoms with Gasteiger partial charge in [-0.1, -0.05) is 6.92 Å². The average molecular weight is 299 g/mol. The van der Waals surface area contributed by atoms with E-state index in [9.17, 15) is 9.59 Å². The van der Waals surface area contributed by atoms with E-state index in [0.717, 1.165) is 0 Å². The molecule has 0 saturated carbocycles. The lowest BCUT2D eigenvalue weighted by Crippen LogP contribution is -2.42. The maximum atomic E-state index is 12.2. The number of hydrogen-bond donors (Lipinski definition) is 1. The van der Waals surface area contributed by atoms with Crippen LogP contribution in [0.5, 0.6) is 0 Å². The van der Waals surface area contributed by atoms with Crippen molar-refractivity contribution in [3.05, 3.63) is 11.6 Å². The minimum absolute atomic E-state index is 0.0113. The number of aliphatic carboxylic acids is 1. The van der Waals surface area contributed by atoms with Crippen LogP contribution in [0.2, 0.25) is 0 Å². The van der Waals surface area contributed by atoms with Gasteiger partial charge in [0.2, 0.25) is 5.91 Å². The quantitative estimate of drug-likeness (QED) is 0.788. The second-order valence-electron chi connectivity index (χ2n) is 4.50. The number of carbonyl (C=O) groups is 2. The van der Waals surface area contributed by atoms with Crippen molar-refractivity contribution in [2.24, 2.45) is 5.92 Å². The molecule has 112 valence electrons. The van der Waals surface area contributed by atoms with Crippen LogP contribution in [0.3, 0.4) is 0 Å². The van der Waals surface area contributed by atoms with Crippen LogP contribution in [-0.4, -0.2) is 53.0 Å². The monoisotopic (exact) mass is 299 g/mol. The van der Waals surface area contributed by atoms with E-state index < -0.39 is 11.9 Å². The van der Waals surface area contributed by atoms with Crippen molar-refractivity contribution in [3.63, 3.8) is 0 Å². The molecule has 0 saturated heterocycles. The lowest BCUT2D eigenvalue weighted by Gasteiger charge is -2.26. The number of anilines is 1. The van der Waals surface area contributed by atoms with Crippen molar-refractivity contribution in [2.45, 2.75) is 20.8 Å². The maximum Gasteiger partial charge on any atom is 0.308 e. The molecular weight excluding hydrogens is 278 g/mol. The summed E-state index contributed by atoms with van der Waals surface area (Å²) in [5, 5.41) is 11.5. The molecule has 1 atom stereocenters. The van der Waals surface area contributed by atoms with Crippen LogP contribution in [-0.2, 0) is 9.59 Å². The Morgan fingerprint density at radius 3 is 2.50 bits per heavy atom. The van der Waals surface area contributed by atoms with E-state index in [-0.39, 0.29) is 19.0 Å². The molecule has 7 heteroatoms. The Morgan fingerprint density at radius 1 is 1.40 bits per heavy atom. The summed E-state index contributed by atoms with van der Waals surface area (Å²) in [7, 11) is 0. The fourth-order valence-corrected chi connectivity index (χ4v) is 2.48. The molecule has 1 amide bonds.